The molecular weight excluding hydrogens is 434 g/mol. The lowest BCUT2D eigenvalue weighted by Crippen LogP contribution is -2.23. The number of fused-ring (bicyclic) bond motifs is 3. The number of benzene rings is 3. The molecule has 0 radical (unpaired) electrons. The summed E-state index contributed by atoms with van der Waals surface area (Å²) in [6, 6.07) is 22.6. The van der Waals surface area contributed by atoms with Gasteiger partial charge in [-0.1, -0.05) is 66.4 Å². The van der Waals surface area contributed by atoms with E-state index in [4.69, 9.17) is 5.73 Å². The molecule has 164 valence electrons. The van der Waals surface area contributed by atoms with Crippen LogP contribution in [0.5, 0.6) is 0 Å². The summed E-state index contributed by atoms with van der Waals surface area (Å²) in [5, 5.41) is 9.12. The molecule has 2 aromatic heterocycles. The zero-order valence-electron chi connectivity index (χ0n) is 18.1. The Morgan fingerprint density at radius 2 is 1.70 bits per heavy atom. The first-order valence-corrected chi connectivity index (χ1v) is 11.3. The smallest absolute Gasteiger partial charge is 0.267 e. The van der Waals surface area contributed by atoms with E-state index in [0.717, 1.165) is 22.4 Å². The zero-order chi connectivity index (χ0) is 23.1. The highest BCUT2D eigenvalue weighted by atomic mass is 32.2. The molecule has 2 N–H and O–H groups in total. The van der Waals surface area contributed by atoms with E-state index in [2.05, 4.69) is 10.2 Å². The molecule has 5 rings (SSSR count). The van der Waals surface area contributed by atoms with Crippen molar-refractivity contribution in [1.29, 1.82) is 0 Å². The molecule has 3 aromatic carbocycles. The molecule has 1 amide bonds. The van der Waals surface area contributed by atoms with Crippen molar-refractivity contribution in [2.75, 3.05) is 0 Å². The van der Waals surface area contributed by atoms with E-state index in [1.54, 1.807) is 10.6 Å². The maximum Gasteiger partial charge on any atom is 0.267 e. The highest BCUT2D eigenvalue weighted by Gasteiger charge is 2.25. The molecular formula is C25H21N5O2S. The molecule has 0 aliphatic rings. The lowest BCUT2D eigenvalue weighted by molar-refractivity contribution is -0.117. The number of primary amides is 1. The second-order valence-corrected chi connectivity index (χ2v) is 8.95. The molecule has 1 atom stereocenters. The second-order valence-electron chi connectivity index (χ2n) is 7.88. The average Bonchev–Trinajstić information content (AvgIpc) is 3.23. The molecule has 0 spiro atoms. The van der Waals surface area contributed by atoms with Gasteiger partial charge in [0.25, 0.3) is 5.56 Å². The highest BCUT2D eigenvalue weighted by Crippen LogP contribution is 2.35. The Hall–Kier alpha value is -3.91. The summed E-state index contributed by atoms with van der Waals surface area (Å²) in [4.78, 5) is 25.9. The number of carbonyl (C=O) groups excluding carboxylic acids is 1. The number of hydrogen-bond donors (Lipinski definition) is 1. The summed E-state index contributed by atoms with van der Waals surface area (Å²) in [6.07, 6.45) is 0. The fourth-order valence-electron chi connectivity index (χ4n) is 3.96. The summed E-state index contributed by atoms with van der Waals surface area (Å²) in [7, 11) is 0. The number of nitrogens with two attached hydrogens (primary N) is 1. The number of nitrogens with zero attached hydrogens (tertiary/aromatic N) is 4. The van der Waals surface area contributed by atoms with Crippen molar-refractivity contribution < 1.29 is 4.79 Å². The molecule has 2 heterocycles. The maximum atomic E-state index is 13.6. The summed E-state index contributed by atoms with van der Waals surface area (Å²) >= 11 is 1.22. The Labute approximate surface area is 193 Å². The molecule has 0 fully saturated rings. The van der Waals surface area contributed by atoms with E-state index in [9.17, 15) is 9.59 Å². The number of aryl methyl sites for hydroxylation is 2. The first-order chi connectivity index (χ1) is 16.0. The van der Waals surface area contributed by atoms with Crippen LogP contribution >= 0.6 is 11.8 Å². The van der Waals surface area contributed by atoms with Gasteiger partial charge in [-0.2, -0.15) is 0 Å². The van der Waals surface area contributed by atoms with E-state index in [1.165, 1.54) is 11.8 Å². The van der Waals surface area contributed by atoms with Crippen molar-refractivity contribution in [3.8, 4) is 5.69 Å². The number of hydrogen-bond acceptors (Lipinski definition) is 5. The first-order valence-electron chi connectivity index (χ1n) is 10.4. The summed E-state index contributed by atoms with van der Waals surface area (Å²) in [6.45, 7) is 3.94. The van der Waals surface area contributed by atoms with Crippen LogP contribution in [0.25, 0.3) is 22.4 Å². The fourth-order valence-corrected chi connectivity index (χ4v) is 4.95. The number of rotatable bonds is 5. The topological polar surface area (TPSA) is 95.3 Å². The van der Waals surface area contributed by atoms with E-state index in [1.807, 2.05) is 85.0 Å². The minimum atomic E-state index is -0.654. The first kappa shape index (κ1) is 21.0. The molecule has 0 saturated carbocycles. The molecule has 0 bridgehead atoms. The van der Waals surface area contributed by atoms with Crippen LogP contribution in [0.4, 0.5) is 0 Å². The molecule has 5 aromatic rings. The number of aromatic nitrogens is 4. The van der Waals surface area contributed by atoms with Crippen LogP contribution in [0.2, 0.25) is 0 Å². The lowest BCUT2D eigenvalue weighted by Gasteiger charge is -2.15. The van der Waals surface area contributed by atoms with Gasteiger partial charge in [0.15, 0.2) is 5.16 Å². The predicted octanol–water partition coefficient (Wildman–Crippen LogP) is 3.97. The molecule has 0 aliphatic carbocycles. The largest absolute Gasteiger partial charge is 0.368 e. The van der Waals surface area contributed by atoms with Crippen molar-refractivity contribution in [2.45, 2.75) is 24.3 Å². The van der Waals surface area contributed by atoms with Gasteiger partial charge in [0, 0.05) is 0 Å². The molecule has 0 aliphatic heterocycles. The van der Waals surface area contributed by atoms with Gasteiger partial charge in [-0.05, 0) is 48.7 Å². The molecule has 8 heteroatoms. The third-order valence-electron chi connectivity index (χ3n) is 5.58. The third-order valence-corrected chi connectivity index (χ3v) is 6.80. The summed E-state index contributed by atoms with van der Waals surface area (Å²) in [5.41, 5.74) is 9.74. The molecule has 0 saturated heterocycles. The van der Waals surface area contributed by atoms with Crippen LogP contribution < -0.4 is 11.3 Å². The van der Waals surface area contributed by atoms with Gasteiger partial charge >= 0.3 is 0 Å². The standard InChI is InChI=1S/C25H21N5O2S/c1-15-12-13-16(2)20(14-15)29-23(32)18-10-6-7-11-19(18)30-24(29)27-28-25(30)33-21(22(26)31)17-8-4-3-5-9-17/h3-14,21H,1-2H3,(H2,26,31). The molecule has 1 unspecified atom stereocenters. The van der Waals surface area contributed by atoms with Crippen molar-refractivity contribution in [2.24, 2.45) is 5.73 Å². The number of para-hydroxylation sites is 1. The van der Waals surface area contributed by atoms with Crippen LogP contribution in [-0.2, 0) is 4.79 Å². The average molecular weight is 456 g/mol. The third kappa shape index (κ3) is 3.58. The van der Waals surface area contributed by atoms with Crippen molar-refractivity contribution in [3.05, 3.63) is 99.8 Å². The summed E-state index contributed by atoms with van der Waals surface area (Å²) < 4.78 is 3.41. The lowest BCUT2D eigenvalue weighted by atomic mass is 10.1. The van der Waals surface area contributed by atoms with Crippen molar-refractivity contribution in [1.82, 2.24) is 19.2 Å². The van der Waals surface area contributed by atoms with Crippen LogP contribution in [-0.4, -0.2) is 25.1 Å². The van der Waals surface area contributed by atoms with Crippen LogP contribution in [0.1, 0.15) is 21.9 Å². The van der Waals surface area contributed by atoms with Crippen LogP contribution in [0.3, 0.4) is 0 Å². The monoisotopic (exact) mass is 455 g/mol. The maximum absolute atomic E-state index is 13.6. The molecule has 7 nitrogen and oxygen atoms in total. The zero-order valence-corrected chi connectivity index (χ0v) is 18.9. The van der Waals surface area contributed by atoms with E-state index >= 15 is 0 Å². The van der Waals surface area contributed by atoms with Gasteiger partial charge in [-0.15, -0.1) is 10.2 Å². The van der Waals surface area contributed by atoms with Crippen molar-refractivity contribution in [3.63, 3.8) is 0 Å². The number of thioether (sulfide) groups is 1. The van der Waals surface area contributed by atoms with E-state index in [-0.39, 0.29) is 5.56 Å². The Morgan fingerprint density at radius 1 is 0.970 bits per heavy atom. The minimum absolute atomic E-state index is 0.176. The summed E-state index contributed by atoms with van der Waals surface area (Å²) in [5.74, 6) is -0.0960. The Kier molecular flexibility index (Phi) is 5.22. The predicted molar refractivity (Wildman–Crippen MR) is 130 cm³/mol. The SMILES string of the molecule is Cc1ccc(C)c(-n2c(=O)c3ccccc3n3c(SC(C(N)=O)c4ccccc4)nnc23)c1. The second kappa shape index (κ2) is 8.22. The van der Waals surface area contributed by atoms with E-state index in [0.29, 0.717) is 21.8 Å². The van der Waals surface area contributed by atoms with Crippen molar-refractivity contribution >= 4 is 34.3 Å². The Morgan fingerprint density at radius 3 is 2.45 bits per heavy atom. The van der Waals surface area contributed by atoms with Gasteiger partial charge in [0.2, 0.25) is 11.7 Å². The van der Waals surface area contributed by atoms with Crippen LogP contribution in [0, 0.1) is 13.8 Å². The Balaban J connectivity index is 1.80. The van der Waals surface area contributed by atoms with Crippen LogP contribution in [0.15, 0.2) is 82.7 Å². The number of carbonyl (C=O) groups is 1. The number of amides is 1. The quantitative estimate of drug-likeness (QED) is 0.405. The van der Waals surface area contributed by atoms with Gasteiger partial charge in [-0.25, -0.2) is 4.57 Å². The molecule has 33 heavy (non-hydrogen) atoms. The van der Waals surface area contributed by atoms with E-state index < -0.39 is 11.2 Å². The fraction of sp³-hybridized carbons (Fsp3) is 0.120. The van der Waals surface area contributed by atoms with Gasteiger partial charge < -0.3 is 5.73 Å². The van der Waals surface area contributed by atoms with Gasteiger partial charge in [0.1, 0.15) is 5.25 Å². The minimum Gasteiger partial charge on any atom is -0.368 e. The normalized spacial score (nSPS) is 12.3. The highest BCUT2D eigenvalue weighted by molar-refractivity contribution is 8.00. The van der Waals surface area contributed by atoms with Gasteiger partial charge in [-0.3, -0.25) is 14.0 Å². The Bertz CT molecular complexity index is 1570. The van der Waals surface area contributed by atoms with Gasteiger partial charge in [0.05, 0.1) is 16.6 Å².